The van der Waals surface area contributed by atoms with Crippen molar-refractivity contribution in [2.45, 2.75) is 6.10 Å². The first-order valence-corrected chi connectivity index (χ1v) is 4.24. The van der Waals surface area contributed by atoms with Crippen molar-refractivity contribution in [3.63, 3.8) is 0 Å². The number of hydrogen-bond acceptors (Lipinski definition) is 4. The molecule has 16 heavy (non-hydrogen) atoms. The molecule has 0 heterocycles. The Hall–Kier alpha value is -1.95. The number of methoxy groups -OCH3 is 1. The molecule has 5 nitrogen and oxygen atoms in total. The third kappa shape index (κ3) is 2.17. The van der Waals surface area contributed by atoms with E-state index in [0.717, 1.165) is 12.1 Å². The van der Waals surface area contributed by atoms with Crippen LogP contribution in [0, 0.1) is 5.82 Å². The molecule has 0 aliphatic heterocycles. The quantitative estimate of drug-likeness (QED) is 0.743. The maximum Gasteiger partial charge on any atom is 0.337 e. The number of aliphatic hydroxyl groups excluding tert-OH is 1. The van der Waals surface area contributed by atoms with Gasteiger partial charge in [-0.15, -0.1) is 0 Å². The Labute approximate surface area is 90.1 Å². The van der Waals surface area contributed by atoms with Gasteiger partial charge in [0.25, 0.3) is 0 Å². The predicted molar refractivity (Wildman–Crippen MR) is 50.9 cm³/mol. The number of halogens is 1. The molecule has 0 saturated carbocycles. The van der Waals surface area contributed by atoms with Crippen molar-refractivity contribution in [2.75, 3.05) is 7.11 Å². The minimum Gasteiger partial charge on any atom is -0.497 e. The lowest BCUT2D eigenvalue weighted by molar-refractivity contribution is -0.147. The number of carboxylic acids is 1. The minimum absolute atomic E-state index is 0.0961. The lowest BCUT2D eigenvalue weighted by Crippen LogP contribution is -2.13. The molecule has 1 aromatic carbocycles. The summed E-state index contributed by atoms with van der Waals surface area (Å²) in [5, 5.41) is 17.7. The largest absolute Gasteiger partial charge is 0.497 e. The zero-order valence-corrected chi connectivity index (χ0v) is 8.31. The summed E-state index contributed by atoms with van der Waals surface area (Å²) in [5.41, 5.74) is -0.872. The van der Waals surface area contributed by atoms with Gasteiger partial charge in [-0.1, -0.05) is 0 Å². The molecule has 1 rings (SSSR count). The smallest absolute Gasteiger partial charge is 0.337 e. The summed E-state index contributed by atoms with van der Waals surface area (Å²) in [6.45, 7) is 0. The van der Waals surface area contributed by atoms with Crippen LogP contribution in [-0.2, 0) is 4.79 Å². The molecular weight excluding hydrogens is 219 g/mol. The Morgan fingerprint density at radius 1 is 1.56 bits per heavy atom. The molecule has 0 amide bonds. The highest BCUT2D eigenvalue weighted by molar-refractivity contribution is 5.79. The fraction of sp³-hybridized carbons (Fsp3) is 0.200. The van der Waals surface area contributed by atoms with E-state index in [0.29, 0.717) is 0 Å². The van der Waals surface area contributed by atoms with E-state index < -0.39 is 23.5 Å². The monoisotopic (exact) mass is 228 g/mol. The van der Waals surface area contributed by atoms with Crippen molar-refractivity contribution in [1.82, 2.24) is 0 Å². The second-order valence-electron chi connectivity index (χ2n) is 2.98. The molecule has 0 aliphatic rings. The summed E-state index contributed by atoms with van der Waals surface area (Å²) in [6.07, 6.45) is -1.82. The molecule has 0 spiro atoms. The number of benzene rings is 1. The lowest BCUT2D eigenvalue weighted by Gasteiger charge is -2.10. The van der Waals surface area contributed by atoms with Gasteiger partial charge < -0.3 is 14.9 Å². The predicted octanol–water partition coefficient (Wildman–Crippen LogP) is 0.765. The van der Waals surface area contributed by atoms with Gasteiger partial charge in [-0.05, 0) is 12.1 Å². The van der Waals surface area contributed by atoms with E-state index >= 15 is 0 Å². The third-order valence-electron chi connectivity index (χ3n) is 1.99. The van der Waals surface area contributed by atoms with Gasteiger partial charge in [0.1, 0.15) is 11.6 Å². The zero-order chi connectivity index (χ0) is 12.3. The SMILES string of the molecule is COc1cc(C=O)c(F)c(C(O)C(=O)O)c1. The zero-order valence-electron chi connectivity index (χ0n) is 8.31. The molecule has 0 bridgehead atoms. The average molecular weight is 228 g/mol. The Balaban J connectivity index is 3.36. The average Bonchev–Trinajstić information content (AvgIpc) is 2.28. The normalized spacial score (nSPS) is 11.9. The van der Waals surface area contributed by atoms with Gasteiger partial charge >= 0.3 is 5.97 Å². The highest BCUT2D eigenvalue weighted by Gasteiger charge is 2.23. The van der Waals surface area contributed by atoms with Crippen LogP contribution in [0.15, 0.2) is 12.1 Å². The summed E-state index contributed by atoms with van der Waals surface area (Å²) in [5.74, 6) is -2.58. The van der Waals surface area contributed by atoms with Crippen molar-refractivity contribution in [1.29, 1.82) is 0 Å². The van der Waals surface area contributed by atoms with E-state index in [1.807, 2.05) is 0 Å². The fourth-order valence-electron chi connectivity index (χ4n) is 1.18. The van der Waals surface area contributed by atoms with Crippen molar-refractivity contribution in [2.24, 2.45) is 0 Å². The van der Waals surface area contributed by atoms with Crippen molar-refractivity contribution < 1.29 is 28.9 Å². The summed E-state index contributed by atoms with van der Waals surface area (Å²) in [6, 6.07) is 2.14. The fourth-order valence-corrected chi connectivity index (χ4v) is 1.18. The number of aldehydes is 1. The number of carbonyl (C=O) groups excluding carboxylic acids is 1. The number of rotatable bonds is 4. The van der Waals surface area contributed by atoms with Gasteiger partial charge in [-0.25, -0.2) is 9.18 Å². The first-order valence-electron chi connectivity index (χ1n) is 4.24. The summed E-state index contributed by atoms with van der Waals surface area (Å²) < 4.78 is 18.2. The summed E-state index contributed by atoms with van der Waals surface area (Å²) >= 11 is 0. The summed E-state index contributed by atoms with van der Waals surface area (Å²) in [4.78, 5) is 21.0. The number of aliphatic hydroxyl groups is 1. The molecule has 0 aromatic heterocycles. The Morgan fingerprint density at radius 2 is 2.19 bits per heavy atom. The van der Waals surface area contributed by atoms with Crippen LogP contribution in [0.3, 0.4) is 0 Å². The van der Waals surface area contributed by atoms with E-state index in [9.17, 15) is 19.1 Å². The van der Waals surface area contributed by atoms with Gasteiger partial charge in [0, 0.05) is 5.56 Å². The molecule has 86 valence electrons. The molecular formula is C10H9FO5. The molecule has 0 saturated heterocycles. The molecule has 0 fully saturated rings. The first kappa shape index (κ1) is 12.1. The van der Waals surface area contributed by atoms with Crippen LogP contribution in [-0.4, -0.2) is 29.6 Å². The van der Waals surface area contributed by atoms with Crippen LogP contribution in [0.5, 0.6) is 5.75 Å². The van der Waals surface area contributed by atoms with Crippen molar-refractivity contribution >= 4 is 12.3 Å². The van der Waals surface area contributed by atoms with Gasteiger partial charge in [0.2, 0.25) is 0 Å². The van der Waals surface area contributed by atoms with Crippen molar-refractivity contribution in [3.8, 4) is 5.75 Å². The number of aliphatic carboxylic acids is 1. The highest BCUT2D eigenvalue weighted by atomic mass is 19.1. The van der Waals surface area contributed by atoms with Crippen molar-refractivity contribution in [3.05, 3.63) is 29.1 Å². The first-order chi connectivity index (χ1) is 7.51. The maximum atomic E-state index is 13.5. The van der Waals surface area contributed by atoms with Gasteiger partial charge in [0.05, 0.1) is 12.7 Å². The van der Waals surface area contributed by atoms with Crippen LogP contribution in [0.2, 0.25) is 0 Å². The third-order valence-corrected chi connectivity index (χ3v) is 1.99. The van der Waals surface area contributed by atoms with E-state index in [1.165, 1.54) is 7.11 Å². The van der Waals surface area contributed by atoms with Crippen LogP contribution in [0.1, 0.15) is 22.0 Å². The number of ether oxygens (including phenoxy) is 1. The summed E-state index contributed by atoms with van der Waals surface area (Å²) in [7, 11) is 1.28. The highest BCUT2D eigenvalue weighted by Crippen LogP contribution is 2.25. The van der Waals surface area contributed by atoms with E-state index in [-0.39, 0.29) is 17.6 Å². The molecule has 0 aliphatic carbocycles. The number of hydrogen-bond donors (Lipinski definition) is 2. The Kier molecular flexibility index (Phi) is 3.57. The second kappa shape index (κ2) is 4.71. The molecule has 1 atom stereocenters. The van der Waals surface area contributed by atoms with Gasteiger partial charge in [0.15, 0.2) is 12.4 Å². The van der Waals surface area contributed by atoms with Crippen LogP contribution >= 0.6 is 0 Å². The minimum atomic E-state index is -2.03. The topological polar surface area (TPSA) is 83.8 Å². The molecule has 2 N–H and O–H groups in total. The maximum absolute atomic E-state index is 13.5. The van der Waals surface area contributed by atoms with E-state index in [4.69, 9.17) is 9.84 Å². The Bertz CT molecular complexity index is 429. The van der Waals surface area contributed by atoms with Gasteiger partial charge in [-0.2, -0.15) is 0 Å². The van der Waals surface area contributed by atoms with Gasteiger partial charge in [-0.3, -0.25) is 4.79 Å². The molecule has 6 heteroatoms. The van der Waals surface area contributed by atoms with Crippen LogP contribution < -0.4 is 4.74 Å². The number of carbonyl (C=O) groups is 2. The molecule has 1 aromatic rings. The van der Waals surface area contributed by atoms with E-state index in [2.05, 4.69) is 0 Å². The van der Waals surface area contributed by atoms with Crippen LogP contribution in [0.4, 0.5) is 4.39 Å². The lowest BCUT2D eigenvalue weighted by atomic mass is 10.0. The second-order valence-corrected chi connectivity index (χ2v) is 2.98. The standard InChI is InChI=1S/C10H9FO5/c1-16-6-2-5(4-12)8(11)7(3-6)9(13)10(14)15/h2-4,9,13H,1H3,(H,14,15). The number of carboxylic acid groups (broad SMARTS) is 1. The van der Waals surface area contributed by atoms with Crippen LogP contribution in [0.25, 0.3) is 0 Å². The molecule has 0 radical (unpaired) electrons. The molecule has 1 unspecified atom stereocenters. The van der Waals surface area contributed by atoms with E-state index in [1.54, 1.807) is 0 Å². The Morgan fingerprint density at radius 3 is 2.62 bits per heavy atom.